The molecule has 0 aliphatic heterocycles. The SMILES string of the molecule is Cc1cccc(C(Br)c2ccc(C(C)(C)C)cc2)c1I. The van der Waals surface area contributed by atoms with Gasteiger partial charge in [0, 0.05) is 3.57 Å². The molecule has 0 N–H and O–H groups in total. The van der Waals surface area contributed by atoms with Crippen LogP contribution >= 0.6 is 38.5 Å². The molecule has 0 nitrogen and oxygen atoms in total. The summed E-state index contributed by atoms with van der Waals surface area (Å²) in [5, 5.41) is 0. The zero-order chi connectivity index (χ0) is 14.9. The highest BCUT2D eigenvalue weighted by Gasteiger charge is 2.17. The van der Waals surface area contributed by atoms with Crippen molar-refractivity contribution in [2.75, 3.05) is 0 Å². The van der Waals surface area contributed by atoms with E-state index in [1.54, 1.807) is 0 Å². The molecule has 0 radical (unpaired) electrons. The summed E-state index contributed by atoms with van der Waals surface area (Å²) in [7, 11) is 0. The third-order valence-electron chi connectivity index (χ3n) is 3.56. The Kier molecular flexibility index (Phi) is 4.96. The molecule has 106 valence electrons. The minimum absolute atomic E-state index is 0.206. The maximum absolute atomic E-state index is 3.85. The van der Waals surface area contributed by atoms with Gasteiger partial charge in [-0.3, -0.25) is 0 Å². The molecule has 1 unspecified atom stereocenters. The summed E-state index contributed by atoms with van der Waals surface area (Å²) in [5.41, 5.74) is 5.56. The van der Waals surface area contributed by atoms with Crippen LogP contribution in [0.25, 0.3) is 0 Å². The van der Waals surface area contributed by atoms with Gasteiger partial charge in [0.25, 0.3) is 0 Å². The largest absolute Gasteiger partial charge is 0.0786 e. The quantitative estimate of drug-likeness (QED) is 0.373. The van der Waals surface area contributed by atoms with Gasteiger partial charge in [0.15, 0.2) is 0 Å². The van der Waals surface area contributed by atoms with Crippen LogP contribution in [0.5, 0.6) is 0 Å². The van der Waals surface area contributed by atoms with Crippen LogP contribution in [0, 0.1) is 10.5 Å². The lowest BCUT2D eigenvalue weighted by atomic mass is 9.86. The molecule has 1 atom stereocenters. The van der Waals surface area contributed by atoms with Crippen molar-refractivity contribution in [3.05, 3.63) is 68.3 Å². The zero-order valence-electron chi connectivity index (χ0n) is 12.4. The lowest BCUT2D eigenvalue weighted by Gasteiger charge is -2.20. The van der Waals surface area contributed by atoms with E-state index < -0.39 is 0 Å². The van der Waals surface area contributed by atoms with Gasteiger partial charge in [-0.25, -0.2) is 0 Å². The topological polar surface area (TPSA) is 0 Å². The Morgan fingerprint density at radius 3 is 2.15 bits per heavy atom. The van der Waals surface area contributed by atoms with Gasteiger partial charge in [-0.05, 0) is 57.2 Å². The van der Waals surface area contributed by atoms with Gasteiger partial charge in [-0.1, -0.05) is 79.2 Å². The zero-order valence-corrected chi connectivity index (χ0v) is 16.1. The Morgan fingerprint density at radius 1 is 1.00 bits per heavy atom. The number of hydrogen-bond donors (Lipinski definition) is 0. The predicted molar refractivity (Wildman–Crippen MR) is 99.8 cm³/mol. The highest BCUT2D eigenvalue weighted by atomic mass is 127. The summed E-state index contributed by atoms with van der Waals surface area (Å²) in [6, 6.07) is 15.4. The van der Waals surface area contributed by atoms with Crippen LogP contribution in [0.2, 0.25) is 0 Å². The Hall–Kier alpha value is -0.350. The normalized spacial score (nSPS) is 13.3. The van der Waals surface area contributed by atoms with Crippen molar-refractivity contribution in [2.24, 2.45) is 0 Å². The molecule has 0 amide bonds. The molecule has 0 spiro atoms. The fraction of sp³-hybridized carbons (Fsp3) is 0.333. The Labute approximate surface area is 144 Å². The van der Waals surface area contributed by atoms with E-state index in [4.69, 9.17) is 0 Å². The van der Waals surface area contributed by atoms with E-state index in [0.29, 0.717) is 0 Å². The van der Waals surface area contributed by atoms with E-state index in [1.165, 1.54) is 25.8 Å². The van der Waals surface area contributed by atoms with E-state index in [-0.39, 0.29) is 10.2 Å². The molecular formula is C18H20BrI. The number of alkyl halides is 1. The van der Waals surface area contributed by atoms with Crippen LogP contribution in [-0.4, -0.2) is 0 Å². The van der Waals surface area contributed by atoms with Crippen molar-refractivity contribution in [1.29, 1.82) is 0 Å². The van der Waals surface area contributed by atoms with Crippen LogP contribution < -0.4 is 0 Å². The molecule has 0 heterocycles. The van der Waals surface area contributed by atoms with Gasteiger partial charge in [-0.15, -0.1) is 0 Å². The first-order valence-corrected chi connectivity index (χ1v) is 8.79. The van der Waals surface area contributed by atoms with Crippen LogP contribution in [0.15, 0.2) is 42.5 Å². The summed E-state index contributed by atoms with van der Waals surface area (Å²) in [5.74, 6) is 0. The molecule has 0 aliphatic rings. The van der Waals surface area contributed by atoms with Crippen molar-refractivity contribution in [1.82, 2.24) is 0 Å². The first-order chi connectivity index (χ1) is 9.30. The van der Waals surface area contributed by atoms with Crippen molar-refractivity contribution >= 4 is 38.5 Å². The molecule has 20 heavy (non-hydrogen) atoms. The molecule has 0 aromatic heterocycles. The third-order valence-corrected chi connectivity index (χ3v) is 6.06. The summed E-state index contributed by atoms with van der Waals surface area (Å²) < 4.78 is 1.34. The van der Waals surface area contributed by atoms with Gasteiger partial charge in [0.05, 0.1) is 4.83 Å². The molecule has 2 aromatic rings. The first-order valence-electron chi connectivity index (χ1n) is 6.80. The standard InChI is InChI=1S/C18H20BrI/c1-12-6-5-7-15(17(12)20)16(19)13-8-10-14(11-9-13)18(2,3)4/h5-11,16H,1-4H3. The monoisotopic (exact) mass is 442 g/mol. The molecule has 0 saturated heterocycles. The van der Waals surface area contributed by atoms with Crippen LogP contribution in [0.4, 0.5) is 0 Å². The Balaban J connectivity index is 2.34. The van der Waals surface area contributed by atoms with Crippen LogP contribution in [0.3, 0.4) is 0 Å². The maximum Gasteiger partial charge on any atom is 0.0655 e. The van der Waals surface area contributed by atoms with Crippen molar-refractivity contribution in [3.8, 4) is 0 Å². The highest BCUT2D eigenvalue weighted by molar-refractivity contribution is 14.1. The van der Waals surface area contributed by atoms with Gasteiger partial charge < -0.3 is 0 Å². The maximum atomic E-state index is 3.85. The smallest absolute Gasteiger partial charge is 0.0655 e. The van der Waals surface area contributed by atoms with Gasteiger partial charge in [-0.2, -0.15) is 0 Å². The fourth-order valence-electron chi connectivity index (χ4n) is 2.20. The van der Waals surface area contributed by atoms with Crippen LogP contribution in [-0.2, 0) is 5.41 Å². The average Bonchev–Trinajstić information content (AvgIpc) is 2.40. The van der Waals surface area contributed by atoms with Crippen molar-refractivity contribution in [3.63, 3.8) is 0 Å². The molecular weight excluding hydrogens is 423 g/mol. The number of benzene rings is 2. The lowest BCUT2D eigenvalue weighted by Crippen LogP contribution is -2.10. The molecule has 2 heteroatoms. The first kappa shape index (κ1) is 16.0. The van der Waals surface area contributed by atoms with Crippen LogP contribution in [0.1, 0.15) is 47.9 Å². The third kappa shape index (κ3) is 3.45. The fourth-order valence-corrected chi connectivity index (χ4v) is 3.98. The van der Waals surface area contributed by atoms with E-state index in [1.807, 2.05) is 0 Å². The van der Waals surface area contributed by atoms with Crippen molar-refractivity contribution < 1.29 is 0 Å². The minimum Gasteiger partial charge on any atom is -0.0786 e. The van der Waals surface area contributed by atoms with Gasteiger partial charge in [0.2, 0.25) is 0 Å². The number of halogens is 2. The highest BCUT2D eigenvalue weighted by Crippen LogP contribution is 2.35. The van der Waals surface area contributed by atoms with Crippen molar-refractivity contribution in [2.45, 2.75) is 37.9 Å². The van der Waals surface area contributed by atoms with E-state index in [9.17, 15) is 0 Å². The Bertz CT molecular complexity index is 594. The van der Waals surface area contributed by atoms with Gasteiger partial charge in [0.1, 0.15) is 0 Å². The molecule has 2 rings (SSSR count). The predicted octanol–water partition coefficient (Wildman–Crippen LogP) is 6.38. The summed E-state index contributed by atoms with van der Waals surface area (Å²) in [6.07, 6.45) is 0. The number of rotatable bonds is 2. The van der Waals surface area contributed by atoms with E-state index >= 15 is 0 Å². The summed E-state index contributed by atoms with van der Waals surface area (Å²) in [6.45, 7) is 8.90. The molecule has 0 fully saturated rings. The van der Waals surface area contributed by atoms with E-state index in [2.05, 4.69) is 109 Å². The average molecular weight is 443 g/mol. The molecule has 0 aliphatic carbocycles. The second-order valence-corrected chi connectivity index (χ2v) is 8.21. The number of hydrogen-bond acceptors (Lipinski definition) is 0. The molecule has 0 saturated carbocycles. The van der Waals surface area contributed by atoms with E-state index in [0.717, 1.165) is 0 Å². The Morgan fingerprint density at radius 2 is 1.60 bits per heavy atom. The second kappa shape index (κ2) is 6.18. The molecule has 0 bridgehead atoms. The summed E-state index contributed by atoms with van der Waals surface area (Å²) >= 11 is 6.29. The molecule has 2 aromatic carbocycles. The summed E-state index contributed by atoms with van der Waals surface area (Å²) in [4.78, 5) is 0.253. The second-order valence-electron chi connectivity index (χ2n) is 6.21. The minimum atomic E-state index is 0.206. The number of aryl methyl sites for hydroxylation is 1. The van der Waals surface area contributed by atoms with Gasteiger partial charge >= 0.3 is 0 Å². The lowest BCUT2D eigenvalue weighted by molar-refractivity contribution is 0.590.